The molecule has 0 saturated heterocycles. The van der Waals surface area contributed by atoms with E-state index in [4.69, 9.17) is 11.7 Å². The van der Waals surface area contributed by atoms with Gasteiger partial charge in [0.25, 0.3) is 0 Å². The largest absolute Gasteiger partial charge is 0.294 e. The van der Waals surface area contributed by atoms with Crippen LogP contribution < -0.4 is 22.5 Å². The van der Waals surface area contributed by atoms with Crippen molar-refractivity contribution in [2.75, 3.05) is 0 Å². The van der Waals surface area contributed by atoms with Crippen LogP contribution in [-0.4, -0.2) is 11.8 Å². The topological polar surface area (TPSA) is 110 Å². The summed E-state index contributed by atoms with van der Waals surface area (Å²) in [7, 11) is 0. The molecule has 6 nitrogen and oxygen atoms in total. The van der Waals surface area contributed by atoms with E-state index >= 15 is 0 Å². The molecule has 0 aromatic carbocycles. The van der Waals surface area contributed by atoms with E-state index in [1.165, 1.54) is 0 Å². The molecule has 0 heterocycles. The monoisotopic (exact) mass is 200 g/mol. The van der Waals surface area contributed by atoms with Crippen LogP contribution in [0.25, 0.3) is 0 Å². The highest BCUT2D eigenvalue weighted by molar-refractivity contribution is 5.87. The standard InChI is InChI=1S/C8H16N4O2/c9-11-7(13)5-3-1-2-4-6(5)8(14)12-10/h5-6H,1-4,9-10H2,(H,11,13)(H,12,14)/t5-,6-/m0/s1. The summed E-state index contributed by atoms with van der Waals surface area (Å²) in [6.07, 6.45) is 3.29. The third-order valence-electron chi connectivity index (χ3n) is 2.72. The fourth-order valence-corrected chi connectivity index (χ4v) is 1.97. The second-order valence-corrected chi connectivity index (χ2v) is 3.51. The van der Waals surface area contributed by atoms with Gasteiger partial charge in [0.2, 0.25) is 11.8 Å². The van der Waals surface area contributed by atoms with Crippen LogP contribution in [0.4, 0.5) is 0 Å². The molecule has 0 radical (unpaired) electrons. The Balaban J connectivity index is 2.68. The van der Waals surface area contributed by atoms with E-state index < -0.39 is 0 Å². The normalized spacial score (nSPS) is 26.7. The number of carbonyl (C=O) groups is 2. The molecular formula is C8H16N4O2. The van der Waals surface area contributed by atoms with E-state index in [0.29, 0.717) is 12.8 Å². The van der Waals surface area contributed by atoms with Crippen LogP contribution >= 0.6 is 0 Å². The quantitative estimate of drug-likeness (QED) is 0.254. The van der Waals surface area contributed by atoms with E-state index in [1.54, 1.807) is 0 Å². The van der Waals surface area contributed by atoms with Crippen LogP contribution in [0.1, 0.15) is 25.7 Å². The lowest BCUT2D eigenvalue weighted by molar-refractivity contribution is -0.136. The molecule has 1 aliphatic carbocycles. The van der Waals surface area contributed by atoms with Crippen molar-refractivity contribution in [3.05, 3.63) is 0 Å². The Morgan fingerprint density at radius 2 is 1.29 bits per heavy atom. The molecule has 0 aromatic heterocycles. The summed E-state index contributed by atoms with van der Waals surface area (Å²) >= 11 is 0. The summed E-state index contributed by atoms with van der Waals surface area (Å²) in [5.41, 5.74) is 4.17. The average Bonchev–Trinajstić information content (AvgIpc) is 2.27. The van der Waals surface area contributed by atoms with Gasteiger partial charge in [0.05, 0.1) is 11.8 Å². The van der Waals surface area contributed by atoms with Gasteiger partial charge in [0.15, 0.2) is 0 Å². The Morgan fingerprint density at radius 3 is 1.57 bits per heavy atom. The van der Waals surface area contributed by atoms with E-state index in [9.17, 15) is 9.59 Å². The summed E-state index contributed by atoms with van der Waals surface area (Å²) in [6, 6.07) is 0. The first-order valence-corrected chi connectivity index (χ1v) is 4.71. The van der Waals surface area contributed by atoms with Crippen LogP contribution in [0.3, 0.4) is 0 Å². The van der Waals surface area contributed by atoms with Gasteiger partial charge in [-0.05, 0) is 12.8 Å². The van der Waals surface area contributed by atoms with Crippen molar-refractivity contribution < 1.29 is 9.59 Å². The second kappa shape index (κ2) is 4.92. The van der Waals surface area contributed by atoms with Crippen molar-refractivity contribution >= 4 is 11.8 Å². The number of hydrogen-bond donors (Lipinski definition) is 4. The van der Waals surface area contributed by atoms with Gasteiger partial charge in [0.1, 0.15) is 0 Å². The highest BCUT2D eigenvalue weighted by Crippen LogP contribution is 2.29. The molecule has 1 aliphatic rings. The lowest BCUT2D eigenvalue weighted by Gasteiger charge is -2.28. The Morgan fingerprint density at radius 1 is 0.929 bits per heavy atom. The van der Waals surface area contributed by atoms with Crippen molar-refractivity contribution in [3.8, 4) is 0 Å². The molecule has 0 aromatic rings. The number of nitrogens with two attached hydrogens (primary N) is 2. The van der Waals surface area contributed by atoms with E-state index in [0.717, 1.165) is 12.8 Å². The lowest BCUT2D eigenvalue weighted by Crippen LogP contribution is -2.47. The molecular weight excluding hydrogens is 184 g/mol. The van der Waals surface area contributed by atoms with Crippen LogP contribution in [0.2, 0.25) is 0 Å². The molecule has 6 N–H and O–H groups in total. The molecule has 0 aliphatic heterocycles. The van der Waals surface area contributed by atoms with Gasteiger partial charge < -0.3 is 0 Å². The summed E-state index contributed by atoms with van der Waals surface area (Å²) in [4.78, 5) is 22.7. The zero-order valence-corrected chi connectivity index (χ0v) is 7.95. The first-order valence-electron chi connectivity index (χ1n) is 4.71. The van der Waals surface area contributed by atoms with Gasteiger partial charge in [-0.2, -0.15) is 0 Å². The third-order valence-corrected chi connectivity index (χ3v) is 2.72. The summed E-state index contributed by atoms with van der Waals surface area (Å²) in [6.45, 7) is 0. The number of hydrogen-bond acceptors (Lipinski definition) is 4. The lowest BCUT2D eigenvalue weighted by atomic mass is 9.78. The van der Waals surface area contributed by atoms with Crippen molar-refractivity contribution in [1.82, 2.24) is 10.9 Å². The molecule has 1 saturated carbocycles. The minimum atomic E-state index is -0.336. The molecule has 1 rings (SSSR count). The van der Waals surface area contributed by atoms with Crippen molar-refractivity contribution in [2.45, 2.75) is 25.7 Å². The maximum atomic E-state index is 11.3. The van der Waals surface area contributed by atoms with E-state index in [-0.39, 0.29) is 23.7 Å². The van der Waals surface area contributed by atoms with Crippen molar-refractivity contribution in [1.29, 1.82) is 0 Å². The average molecular weight is 200 g/mol. The fraction of sp³-hybridized carbons (Fsp3) is 0.750. The highest BCUT2D eigenvalue weighted by atomic mass is 16.2. The zero-order chi connectivity index (χ0) is 10.6. The SMILES string of the molecule is NNC(=O)[C@H]1CCCC[C@@H]1C(=O)NN. The van der Waals surface area contributed by atoms with Gasteiger partial charge >= 0.3 is 0 Å². The predicted octanol–water partition coefficient (Wildman–Crippen LogP) is -1.23. The number of amides is 2. The number of nitrogens with one attached hydrogen (secondary N) is 2. The molecule has 80 valence electrons. The Hall–Kier alpha value is -1.14. The van der Waals surface area contributed by atoms with Crippen LogP contribution in [-0.2, 0) is 9.59 Å². The van der Waals surface area contributed by atoms with Gasteiger partial charge in [-0.15, -0.1) is 0 Å². The number of rotatable bonds is 2. The van der Waals surface area contributed by atoms with Crippen LogP contribution in [0.5, 0.6) is 0 Å². The number of carbonyl (C=O) groups excluding carboxylic acids is 2. The number of hydrazine groups is 2. The molecule has 0 spiro atoms. The first-order chi connectivity index (χ1) is 6.70. The molecule has 0 bridgehead atoms. The Bertz CT molecular complexity index is 207. The van der Waals surface area contributed by atoms with Gasteiger partial charge in [-0.1, -0.05) is 12.8 Å². The third kappa shape index (κ3) is 2.21. The summed E-state index contributed by atoms with van der Waals surface area (Å²) in [5, 5.41) is 0. The Labute approximate surface area is 82.3 Å². The minimum absolute atomic E-state index is 0.279. The van der Waals surface area contributed by atoms with Gasteiger partial charge in [-0.25, -0.2) is 11.7 Å². The molecule has 0 unspecified atom stereocenters. The molecule has 1 fully saturated rings. The molecule has 6 heteroatoms. The maximum absolute atomic E-state index is 11.3. The molecule has 14 heavy (non-hydrogen) atoms. The highest BCUT2D eigenvalue weighted by Gasteiger charge is 2.34. The maximum Gasteiger partial charge on any atom is 0.237 e. The molecule has 2 atom stereocenters. The van der Waals surface area contributed by atoms with E-state index in [2.05, 4.69) is 10.9 Å². The fourth-order valence-electron chi connectivity index (χ4n) is 1.97. The van der Waals surface area contributed by atoms with Gasteiger partial charge in [0, 0.05) is 0 Å². The Kier molecular flexibility index (Phi) is 3.84. The smallest absolute Gasteiger partial charge is 0.237 e. The van der Waals surface area contributed by atoms with Gasteiger partial charge in [-0.3, -0.25) is 20.4 Å². The summed E-state index contributed by atoms with van der Waals surface area (Å²) in [5.74, 6) is 8.86. The van der Waals surface area contributed by atoms with Crippen LogP contribution in [0, 0.1) is 11.8 Å². The van der Waals surface area contributed by atoms with Crippen molar-refractivity contribution in [3.63, 3.8) is 0 Å². The van der Waals surface area contributed by atoms with Crippen LogP contribution in [0.15, 0.2) is 0 Å². The zero-order valence-electron chi connectivity index (χ0n) is 7.95. The first kappa shape index (κ1) is 10.9. The summed E-state index contributed by atoms with van der Waals surface area (Å²) < 4.78 is 0. The minimum Gasteiger partial charge on any atom is -0.294 e. The second-order valence-electron chi connectivity index (χ2n) is 3.51. The molecule has 2 amide bonds. The van der Waals surface area contributed by atoms with Crippen molar-refractivity contribution in [2.24, 2.45) is 23.5 Å². The van der Waals surface area contributed by atoms with E-state index in [1.807, 2.05) is 0 Å². The predicted molar refractivity (Wildman–Crippen MR) is 50.1 cm³/mol.